The number of aryl methyl sites for hydroxylation is 2. The van der Waals surface area contributed by atoms with Crippen LogP contribution in [0.4, 0.5) is 0 Å². The van der Waals surface area contributed by atoms with E-state index < -0.39 is 0 Å². The van der Waals surface area contributed by atoms with E-state index in [0.29, 0.717) is 0 Å². The summed E-state index contributed by atoms with van der Waals surface area (Å²) in [6, 6.07) is 10.4. The highest BCUT2D eigenvalue weighted by Gasteiger charge is 1.97. The Labute approximate surface area is 113 Å². The zero-order chi connectivity index (χ0) is 13.5. The highest BCUT2D eigenvalue weighted by Crippen LogP contribution is 2.06. The van der Waals surface area contributed by atoms with Gasteiger partial charge in [-0.2, -0.15) is 0 Å². The molecule has 0 spiro atoms. The van der Waals surface area contributed by atoms with Gasteiger partial charge < -0.3 is 9.97 Å². The van der Waals surface area contributed by atoms with Crippen molar-refractivity contribution < 1.29 is 0 Å². The highest BCUT2D eigenvalue weighted by atomic mass is 14.9. The van der Waals surface area contributed by atoms with Crippen LogP contribution in [0, 0.1) is 13.8 Å². The zero-order valence-corrected chi connectivity index (χ0v) is 11.2. The molecule has 0 amide bonds. The minimum atomic E-state index is 0.932. The second-order valence-electron chi connectivity index (χ2n) is 4.33. The maximum Gasteiger partial charge on any atom is 0.103 e. The molecule has 0 fully saturated rings. The molecule has 0 saturated carbocycles. The topological polar surface area (TPSA) is 57.4 Å². The van der Waals surface area contributed by atoms with Gasteiger partial charge in [0.15, 0.2) is 0 Å². The molecule has 0 atom stereocenters. The van der Waals surface area contributed by atoms with Crippen molar-refractivity contribution in [1.82, 2.24) is 19.9 Å². The number of benzene rings is 1. The van der Waals surface area contributed by atoms with Gasteiger partial charge in [-0.25, -0.2) is 9.97 Å². The van der Waals surface area contributed by atoms with E-state index in [4.69, 9.17) is 0 Å². The Kier molecular flexibility index (Phi) is 4.50. The van der Waals surface area contributed by atoms with Gasteiger partial charge in [0, 0.05) is 30.7 Å². The number of rotatable bonds is 2. The van der Waals surface area contributed by atoms with Crippen molar-refractivity contribution in [2.75, 3.05) is 0 Å². The first-order valence-corrected chi connectivity index (χ1v) is 6.24. The third-order valence-electron chi connectivity index (χ3n) is 2.63. The Morgan fingerprint density at radius 3 is 2.26 bits per heavy atom. The quantitative estimate of drug-likeness (QED) is 0.738. The fraction of sp³-hybridized carbons (Fsp3) is 0.200. The summed E-state index contributed by atoms with van der Waals surface area (Å²) in [7, 11) is 0. The van der Waals surface area contributed by atoms with E-state index in [1.807, 2.05) is 26.1 Å². The lowest BCUT2D eigenvalue weighted by molar-refractivity contribution is 1.07. The molecule has 4 nitrogen and oxygen atoms in total. The molecule has 19 heavy (non-hydrogen) atoms. The van der Waals surface area contributed by atoms with Crippen molar-refractivity contribution in [3.63, 3.8) is 0 Å². The summed E-state index contributed by atoms with van der Waals surface area (Å²) in [5, 5.41) is 0. The standard InChI is InChI=1S/C11H12N2.C4H6N2/c1-9-12-8-11(13-9)7-10-5-3-2-4-6-10;1-4-5-2-3-6-4/h2-6,8H,7H2,1H3,(H,12,13);2-3H,1H3,(H,5,6). The summed E-state index contributed by atoms with van der Waals surface area (Å²) in [5.41, 5.74) is 2.48. The fourth-order valence-corrected chi connectivity index (χ4v) is 1.72. The first-order chi connectivity index (χ1) is 9.24. The average molecular weight is 254 g/mol. The number of aromatic nitrogens is 4. The van der Waals surface area contributed by atoms with E-state index in [1.54, 1.807) is 12.4 Å². The third-order valence-corrected chi connectivity index (χ3v) is 2.63. The maximum absolute atomic E-state index is 4.16. The van der Waals surface area contributed by atoms with Gasteiger partial charge in [-0.1, -0.05) is 30.3 Å². The molecule has 2 N–H and O–H groups in total. The Hall–Kier alpha value is -2.36. The summed E-state index contributed by atoms with van der Waals surface area (Å²) >= 11 is 0. The third kappa shape index (κ3) is 4.43. The molecular formula is C15H18N4. The molecule has 0 aliphatic heterocycles. The Morgan fingerprint density at radius 2 is 1.79 bits per heavy atom. The van der Waals surface area contributed by atoms with Crippen molar-refractivity contribution in [2.24, 2.45) is 0 Å². The van der Waals surface area contributed by atoms with Crippen LogP contribution in [0.5, 0.6) is 0 Å². The first-order valence-electron chi connectivity index (χ1n) is 6.24. The lowest BCUT2D eigenvalue weighted by Gasteiger charge is -1.96. The number of hydrogen-bond acceptors (Lipinski definition) is 2. The largest absolute Gasteiger partial charge is 0.349 e. The molecule has 0 radical (unpaired) electrons. The molecule has 2 aromatic heterocycles. The summed E-state index contributed by atoms with van der Waals surface area (Å²) < 4.78 is 0. The first kappa shape index (κ1) is 13.1. The van der Waals surface area contributed by atoms with E-state index in [2.05, 4.69) is 44.2 Å². The van der Waals surface area contributed by atoms with Gasteiger partial charge in [-0.05, 0) is 19.4 Å². The van der Waals surface area contributed by atoms with Gasteiger partial charge in [0.1, 0.15) is 11.6 Å². The summed E-state index contributed by atoms with van der Waals surface area (Å²) in [4.78, 5) is 14.1. The van der Waals surface area contributed by atoms with E-state index in [0.717, 1.165) is 18.1 Å². The van der Waals surface area contributed by atoms with Crippen LogP contribution >= 0.6 is 0 Å². The minimum absolute atomic E-state index is 0.932. The molecule has 0 unspecified atom stereocenters. The normalized spacial score (nSPS) is 9.79. The van der Waals surface area contributed by atoms with Crippen LogP contribution in [0.2, 0.25) is 0 Å². The SMILES string of the molecule is Cc1ncc(Cc2ccccc2)[nH]1.Cc1ncc[nH]1. The van der Waals surface area contributed by atoms with Crippen molar-refractivity contribution in [3.05, 3.63) is 71.8 Å². The van der Waals surface area contributed by atoms with E-state index in [-0.39, 0.29) is 0 Å². The molecule has 3 aromatic rings. The van der Waals surface area contributed by atoms with Gasteiger partial charge in [0.2, 0.25) is 0 Å². The van der Waals surface area contributed by atoms with Gasteiger partial charge in [-0.3, -0.25) is 0 Å². The number of H-pyrrole nitrogens is 2. The molecular weight excluding hydrogens is 236 g/mol. The van der Waals surface area contributed by atoms with Crippen molar-refractivity contribution in [1.29, 1.82) is 0 Å². The van der Waals surface area contributed by atoms with Crippen LogP contribution in [0.25, 0.3) is 0 Å². The average Bonchev–Trinajstić information content (AvgIpc) is 3.03. The maximum atomic E-state index is 4.16. The molecule has 3 rings (SSSR count). The number of imidazole rings is 2. The highest BCUT2D eigenvalue weighted by molar-refractivity contribution is 5.20. The molecule has 2 heterocycles. The van der Waals surface area contributed by atoms with Gasteiger partial charge >= 0.3 is 0 Å². The van der Waals surface area contributed by atoms with E-state index in [9.17, 15) is 0 Å². The van der Waals surface area contributed by atoms with Gasteiger partial charge in [0.25, 0.3) is 0 Å². The molecule has 0 saturated heterocycles. The Balaban J connectivity index is 0.000000186. The van der Waals surface area contributed by atoms with Crippen molar-refractivity contribution >= 4 is 0 Å². The molecule has 4 heteroatoms. The number of nitrogens with one attached hydrogen (secondary N) is 2. The van der Waals surface area contributed by atoms with Crippen LogP contribution < -0.4 is 0 Å². The minimum Gasteiger partial charge on any atom is -0.349 e. The molecule has 0 aliphatic carbocycles. The zero-order valence-electron chi connectivity index (χ0n) is 11.2. The van der Waals surface area contributed by atoms with Crippen LogP contribution in [0.15, 0.2) is 48.9 Å². The van der Waals surface area contributed by atoms with E-state index >= 15 is 0 Å². The van der Waals surface area contributed by atoms with Gasteiger partial charge in [0.05, 0.1) is 0 Å². The van der Waals surface area contributed by atoms with E-state index in [1.165, 1.54) is 11.3 Å². The molecule has 98 valence electrons. The van der Waals surface area contributed by atoms with Crippen LogP contribution in [0.3, 0.4) is 0 Å². The predicted molar refractivity (Wildman–Crippen MR) is 75.9 cm³/mol. The fourth-order valence-electron chi connectivity index (χ4n) is 1.72. The number of nitrogens with zero attached hydrogens (tertiary/aromatic N) is 2. The molecule has 0 aliphatic rings. The van der Waals surface area contributed by atoms with Crippen LogP contribution in [-0.2, 0) is 6.42 Å². The second-order valence-corrected chi connectivity index (χ2v) is 4.33. The van der Waals surface area contributed by atoms with Crippen molar-refractivity contribution in [2.45, 2.75) is 20.3 Å². The van der Waals surface area contributed by atoms with Crippen LogP contribution in [0.1, 0.15) is 22.9 Å². The number of hydrogen-bond donors (Lipinski definition) is 2. The Morgan fingerprint density at radius 1 is 1.00 bits per heavy atom. The second kappa shape index (κ2) is 6.54. The monoisotopic (exact) mass is 254 g/mol. The summed E-state index contributed by atoms with van der Waals surface area (Å²) in [5.74, 6) is 1.95. The smallest absolute Gasteiger partial charge is 0.103 e. The summed E-state index contributed by atoms with van der Waals surface area (Å²) in [6.45, 7) is 3.88. The lowest BCUT2D eigenvalue weighted by Crippen LogP contribution is -1.87. The Bertz CT molecular complexity index is 582. The van der Waals surface area contributed by atoms with Crippen molar-refractivity contribution in [3.8, 4) is 0 Å². The van der Waals surface area contributed by atoms with Gasteiger partial charge in [-0.15, -0.1) is 0 Å². The van der Waals surface area contributed by atoms with Crippen LogP contribution in [-0.4, -0.2) is 19.9 Å². The molecule has 1 aromatic carbocycles. The molecule has 0 bridgehead atoms. The predicted octanol–water partition coefficient (Wildman–Crippen LogP) is 3.03. The lowest BCUT2D eigenvalue weighted by atomic mass is 10.1. The summed E-state index contributed by atoms with van der Waals surface area (Å²) in [6.07, 6.45) is 6.36. The number of aromatic amines is 2.